The summed E-state index contributed by atoms with van der Waals surface area (Å²) in [6.45, 7) is 0. The van der Waals surface area contributed by atoms with Gasteiger partial charge in [-0.1, -0.05) is 0 Å². The van der Waals surface area contributed by atoms with Crippen molar-refractivity contribution in [1.29, 1.82) is 0 Å². The molecule has 0 spiro atoms. The fourth-order valence-corrected chi connectivity index (χ4v) is 4.59. The zero-order valence-electron chi connectivity index (χ0n) is 4.60. The van der Waals surface area contributed by atoms with Gasteiger partial charge in [0, 0.05) is 0 Å². The fraction of sp³-hybridized carbons (Fsp3) is 0. The van der Waals surface area contributed by atoms with Crippen LogP contribution in [0.25, 0.3) is 0 Å². The summed E-state index contributed by atoms with van der Waals surface area (Å²) in [5.41, 5.74) is 0. The molecule has 1 heterocycles. The molecule has 1 fully saturated rings. The van der Waals surface area contributed by atoms with E-state index in [1.165, 1.54) is 0 Å². The van der Waals surface area contributed by atoms with E-state index < -0.39 is 0 Å². The summed E-state index contributed by atoms with van der Waals surface area (Å²) in [5, 5.41) is 0. The topological polar surface area (TPSA) is 9.72 Å². The molecule has 0 N–H and O–H groups in total. The molecule has 9 heteroatoms. The van der Waals surface area contributed by atoms with E-state index in [4.69, 9.17) is 0 Å². The predicted molar refractivity (Wildman–Crippen MR) is 69.0 cm³/mol. The fourth-order valence-electron chi connectivity index (χ4n) is 0.634. The summed E-state index contributed by atoms with van der Waals surface area (Å²) in [5.74, 6) is 0. The molecule has 0 aromatic carbocycles. The molecule has 0 aliphatic carbocycles. The zero-order valence-corrected chi connectivity index (χ0v) is 11.1. The van der Waals surface area contributed by atoms with Crippen molar-refractivity contribution < 1.29 is 0 Å². The van der Waals surface area contributed by atoms with Crippen molar-refractivity contribution in [2.45, 2.75) is 0 Å². The van der Waals surface area contributed by atoms with Gasteiger partial charge in [-0.25, -0.2) is 0 Å². The molecule has 0 atom stereocenters. The molecule has 1 aliphatic heterocycles. The molecule has 0 radical (unpaired) electrons. The third kappa shape index (κ3) is 3.45. The number of rotatable bonds is 0. The lowest BCUT2D eigenvalue weighted by atomic mass is 9.85. The molecule has 48 valence electrons. The van der Waals surface area contributed by atoms with E-state index in [0.29, 0.717) is 0 Å². The quantitative estimate of drug-likeness (QED) is 0.282. The van der Waals surface area contributed by atoms with Crippen molar-refractivity contribution in [2.24, 2.45) is 0 Å². The third-order valence-electron chi connectivity index (χ3n) is 0.921. The normalized spacial score (nSPS) is 24.3. The van der Waals surface area contributed by atoms with Gasteiger partial charge >= 0.3 is 0 Å². The van der Waals surface area contributed by atoms with Crippen LogP contribution in [0.1, 0.15) is 0 Å². The van der Waals surface area contributed by atoms with Crippen LogP contribution in [0.2, 0.25) is 0 Å². The first kappa shape index (κ1) is 9.35. The number of nitrogens with zero attached hydrogens (tertiary/aromatic N) is 3. The molecular formula is H3B3I3N3. The minimum Gasteiger partial charge on any atom is -0.303 e. The predicted octanol–water partition coefficient (Wildman–Crippen LogP) is -0.244. The van der Waals surface area contributed by atoms with Gasteiger partial charge in [-0.2, -0.15) is 0 Å². The lowest BCUT2D eigenvalue weighted by molar-refractivity contribution is 0.934. The van der Waals surface area contributed by atoms with Crippen LogP contribution in [0.3, 0.4) is 0 Å². The van der Waals surface area contributed by atoms with Gasteiger partial charge in [-0.3, -0.25) is 0 Å². The Morgan fingerprint density at radius 1 is 0.667 bits per heavy atom. The van der Waals surface area contributed by atoms with Crippen molar-refractivity contribution in [3.05, 3.63) is 0 Å². The van der Waals surface area contributed by atoms with Gasteiger partial charge in [0.25, 0.3) is 22.6 Å². The van der Waals surface area contributed by atoms with Gasteiger partial charge in [0.15, 0.2) is 0 Å². The van der Waals surface area contributed by atoms with Gasteiger partial charge < -0.3 is 8.81 Å². The van der Waals surface area contributed by atoms with Crippen molar-refractivity contribution in [1.82, 2.24) is 8.81 Å². The maximum Gasteiger partial charge on any atom is 0.289 e. The molecule has 0 amide bonds. The summed E-state index contributed by atoms with van der Waals surface area (Å²) >= 11 is 6.98. The van der Waals surface area contributed by atoms with Crippen molar-refractivity contribution in [2.75, 3.05) is 0 Å². The molecule has 0 unspecified atom stereocenters. The lowest BCUT2D eigenvalue weighted by Crippen LogP contribution is -2.50. The standard InChI is InChI=1S/B3H3I3N3/c4-7-1-8(5)3-9(6)2-7/h1-3H. The second-order valence-electron chi connectivity index (χ2n) is 1.81. The molecule has 1 aliphatic rings. The highest BCUT2D eigenvalue weighted by molar-refractivity contribution is 14.1. The second-order valence-corrected chi connectivity index (χ2v) is 5.91. The Balaban J connectivity index is 2.34. The van der Waals surface area contributed by atoms with Gasteiger partial charge in [0.2, 0.25) is 0 Å². The first-order valence-electron chi connectivity index (χ1n) is 2.40. The molecule has 0 saturated carbocycles. The van der Waals surface area contributed by atoms with Gasteiger partial charge in [0.05, 0.1) is 0 Å². The number of hydrogen-bond donors (Lipinski definition) is 0. The average Bonchev–Trinajstić information content (AvgIpc) is 1.59. The van der Waals surface area contributed by atoms with E-state index >= 15 is 0 Å². The minimum absolute atomic E-state index is 1.06. The van der Waals surface area contributed by atoms with E-state index in [1.807, 2.05) is 0 Å². The van der Waals surface area contributed by atoms with E-state index in [2.05, 4.69) is 77.4 Å². The van der Waals surface area contributed by atoms with Crippen LogP contribution in [-0.2, 0) is 0 Å². The Morgan fingerprint density at radius 3 is 1.11 bits per heavy atom. The van der Waals surface area contributed by atoms with Crippen molar-refractivity contribution >= 4 is 91.2 Å². The van der Waals surface area contributed by atoms with Gasteiger partial charge in [0.1, 0.15) is 0 Å². The Bertz CT molecular complexity index is 75.3. The summed E-state index contributed by atoms with van der Waals surface area (Å²) in [7, 11) is 3.17. The van der Waals surface area contributed by atoms with Crippen LogP contribution in [0.4, 0.5) is 0 Å². The first-order chi connectivity index (χ1) is 4.18. The van der Waals surface area contributed by atoms with Crippen LogP contribution in [0, 0.1) is 0 Å². The Kier molecular flexibility index (Phi) is 4.50. The molecule has 3 nitrogen and oxygen atoms in total. The molecule has 9 heavy (non-hydrogen) atoms. The third-order valence-corrected chi connectivity index (χ3v) is 2.75. The van der Waals surface area contributed by atoms with Crippen LogP contribution in [0.15, 0.2) is 0 Å². The Hall–Kier alpha value is 2.26. The minimum atomic E-state index is 1.06. The molecule has 0 bridgehead atoms. The zero-order chi connectivity index (χ0) is 6.85. The van der Waals surface area contributed by atoms with E-state index in [9.17, 15) is 0 Å². The highest BCUT2D eigenvalue weighted by Crippen LogP contribution is 2.11. The highest BCUT2D eigenvalue weighted by atomic mass is 127. The van der Waals surface area contributed by atoms with E-state index in [-0.39, 0.29) is 0 Å². The monoisotopic (exact) mass is 459 g/mol. The summed E-state index contributed by atoms with van der Waals surface area (Å²) < 4.78 is 6.71. The molecular weight excluding hydrogens is 455 g/mol. The van der Waals surface area contributed by atoms with Crippen molar-refractivity contribution in [3.63, 3.8) is 0 Å². The lowest BCUT2D eigenvalue weighted by Gasteiger charge is -2.29. The summed E-state index contributed by atoms with van der Waals surface area (Å²) in [4.78, 5) is 0. The molecule has 1 rings (SSSR count). The summed E-state index contributed by atoms with van der Waals surface area (Å²) in [6, 6.07) is 0. The Morgan fingerprint density at radius 2 is 0.889 bits per heavy atom. The maximum absolute atomic E-state index is 2.33. The maximum atomic E-state index is 2.33. The Labute approximate surface area is 98.6 Å². The van der Waals surface area contributed by atoms with Crippen LogP contribution >= 0.6 is 68.6 Å². The molecule has 1 saturated heterocycles. The largest absolute Gasteiger partial charge is 0.303 e. The van der Waals surface area contributed by atoms with Crippen molar-refractivity contribution in [3.8, 4) is 0 Å². The van der Waals surface area contributed by atoms with Gasteiger partial charge in [-0.05, 0) is 68.6 Å². The highest BCUT2D eigenvalue weighted by Gasteiger charge is 2.22. The van der Waals surface area contributed by atoms with Gasteiger partial charge in [-0.15, -0.1) is 0 Å². The summed E-state index contributed by atoms with van der Waals surface area (Å²) in [6.07, 6.45) is 0. The second kappa shape index (κ2) is 4.33. The van der Waals surface area contributed by atoms with E-state index in [0.717, 1.165) is 22.6 Å². The smallest absolute Gasteiger partial charge is 0.289 e. The number of hydrogen-bond acceptors (Lipinski definition) is 3. The first-order valence-corrected chi connectivity index (χ1v) is 5.30. The number of halogens is 3. The average molecular weight is 458 g/mol. The van der Waals surface area contributed by atoms with E-state index in [1.54, 1.807) is 0 Å². The van der Waals surface area contributed by atoms with Crippen LogP contribution < -0.4 is 0 Å². The molecule has 0 aromatic heterocycles. The van der Waals surface area contributed by atoms with Crippen LogP contribution in [0.5, 0.6) is 0 Å². The van der Waals surface area contributed by atoms with Crippen LogP contribution in [-0.4, -0.2) is 31.5 Å². The SMILES string of the molecule is IN1BN(I)BN(I)B1. The molecule has 0 aromatic rings.